The van der Waals surface area contributed by atoms with Crippen molar-refractivity contribution in [3.05, 3.63) is 53.9 Å². The third-order valence-corrected chi connectivity index (χ3v) is 8.13. The molecule has 1 N–H and O–H groups in total. The van der Waals surface area contributed by atoms with Gasteiger partial charge >= 0.3 is 0 Å². The first kappa shape index (κ1) is 21.6. The summed E-state index contributed by atoms with van der Waals surface area (Å²) in [5, 5.41) is 14.8. The summed E-state index contributed by atoms with van der Waals surface area (Å²) in [6.45, 7) is 2.23. The van der Waals surface area contributed by atoms with Crippen molar-refractivity contribution in [1.29, 1.82) is 5.26 Å². The molecule has 3 saturated carbocycles. The Labute approximate surface area is 211 Å². The zero-order chi connectivity index (χ0) is 24.2. The Balaban J connectivity index is 1.22. The van der Waals surface area contributed by atoms with E-state index in [4.69, 9.17) is 4.98 Å². The van der Waals surface area contributed by atoms with Gasteiger partial charge in [0.1, 0.15) is 11.9 Å². The van der Waals surface area contributed by atoms with E-state index in [1.165, 1.54) is 12.8 Å². The molecule has 7 heteroatoms. The minimum Gasteiger partial charge on any atom is -0.353 e. The number of anilines is 3. The Hall–Kier alpha value is -3.66. The highest BCUT2D eigenvalue weighted by Crippen LogP contribution is 2.46. The molecular formula is C29H30N6O. The van der Waals surface area contributed by atoms with Crippen molar-refractivity contribution < 1.29 is 4.79 Å². The van der Waals surface area contributed by atoms with Crippen LogP contribution in [0, 0.1) is 23.2 Å². The first-order chi connectivity index (χ1) is 17.7. The smallest absolute Gasteiger partial charge is 0.226 e. The maximum Gasteiger partial charge on any atom is 0.226 e. The van der Waals surface area contributed by atoms with Crippen LogP contribution in [-0.4, -0.2) is 46.5 Å². The molecule has 1 aromatic carbocycles. The lowest BCUT2D eigenvalue weighted by atomic mass is 10.0. The van der Waals surface area contributed by atoms with Gasteiger partial charge in [-0.2, -0.15) is 5.26 Å². The summed E-state index contributed by atoms with van der Waals surface area (Å²) in [4.78, 5) is 27.0. The highest BCUT2D eigenvalue weighted by atomic mass is 16.2. The van der Waals surface area contributed by atoms with Crippen LogP contribution in [0.2, 0.25) is 0 Å². The lowest BCUT2D eigenvalue weighted by Crippen LogP contribution is -2.57. The van der Waals surface area contributed by atoms with Crippen LogP contribution in [0.15, 0.2) is 42.6 Å². The number of benzene rings is 1. The molecule has 182 valence electrons. The van der Waals surface area contributed by atoms with Crippen LogP contribution in [0.5, 0.6) is 0 Å². The molecule has 2 aromatic heterocycles. The summed E-state index contributed by atoms with van der Waals surface area (Å²) < 4.78 is 0. The fourth-order valence-corrected chi connectivity index (χ4v) is 5.68. The molecule has 3 aliphatic carbocycles. The average Bonchev–Trinajstić information content (AvgIpc) is 3.78. The molecule has 0 spiro atoms. The first-order valence-electron chi connectivity index (χ1n) is 13.3. The minimum absolute atomic E-state index is 0.241. The Morgan fingerprint density at radius 3 is 2.61 bits per heavy atom. The van der Waals surface area contributed by atoms with Crippen molar-refractivity contribution in [2.24, 2.45) is 11.8 Å². The van der Waals surface area contributed by atoms with Gasteiger partial charge in [-0.15, -0.1) is 0 Å². The van der Waals surface area contributed by atoms with Crippen molar-refractivity contribution in [3.63, 3.8) is 0 Å². The molecule has 1 atom stereocenters. The van der Waals surface area contributed by atoms with E-state index in [0.717, 1.165) is 79.1 Å². The van der Waals surface area contributed by atoms with E-state index >= 15 is 0 Å². The Kier molecular flexibility index (Phi) is 5.09. The lowest BCUT2D eigenvalue weighted by Gasteiger charge is -2.43. The molecular weight excluding hydrogens is 448 g/mol. The molecule has 0 unspecified atom stereocenters. The number of aromatic nitrogens is 2. The van der Waals surface area contributed by atoms with Crippen LogP contribution in [-0.2, 0) is 4.79 Å². The molecule has 0 bridgehead atoms. The monoisotopic (exact) mass is 478 g/mol. The molecule has 36 heavy (non-hydrogen) atoms. The Morgan fingerprint density at radius 1 is 1.03 bits per heavy atom. The van der Waals surface area contributed by atoms with Crippen molar-refractivity contribution in [2.45, 2.75) is 50.5 Å². The normalized spacial score (nSPS) is 21.9. The minimum atomic E-state index is 0.241. The van der Waals surface area contributed by atoms with E-state index in [1.54, 1.807) is 0 Å². The Morgan fingerprint density at radius 2 is 1.86 bits per heavy atom. The second-order valence-electron chi connectivity index (χ2n) is 10.8. The van der Waals surface area contributed by atoms with Gasteiger partial charge in [0.25, 0.3) is 0 Å². The second kappa shape index (κ2) is 8.48. The third kappa shape index (κ3) is 3.95. The summed E-state index contributed by atoms with van der Waals surface area (Å²) in [5.41, 5.74) is 4.46. The summed E-state index contributed by atoms with van der Waals surface area (Å²) in [5.74, 6) is 2.40. The fraction of sp³-hybridized carbons (Fsp3) is 0.448. The number of nitriles is 1. The van der Waals surface area contributed by atoms with Crippen molar-refractivity contribution in [3.8, 4) is 6.07 Å². The maximum absolute atomic E-state index is 13.0. The molecule has 4 fully saturated rings. The second-order valence-corrected chi connectivity index (χ2v) is 10.8. The van der Waals surface area contributed by atoms with E-state index in [-0.39, 0.29) is 12.0 Å². The van der Waals surface area contributed by atoms with Crippen molar-refractivity contribution in [2.75, 3.05) is 29.9 Å². The van der Waals surface area contributed by atoms with E-state index in [9.17, 15) is 10.1 Å². The van der Waals surface area contributed by atoms with Crippen LogP contribution >= 0.6 is 0 Å². The quantitative estimate of drug-likeness (QED) is 0.539. The van der Waals surface area contributed by atoms with Crippen LogP contribution in [0.3, 0.4) is 0 Å². The van der Waals surface area contributed by atoms with Gasteiger partial charge in [0.15, 0.2) is 0 Å². The van der Waals surface area contributed by atoms with E-state index < -0.39 is 0 Å². The van der Waals surface area contributed by atoms with E-state index in [0.29, 0.717) is 23.3 Å². The molecule has 7 rings (SSSR count). The number of para-hydroxylation sites is 1. The maximum atomic E-state index is 13.0. The van der Waals surface area contributed by atoms with Gasteiger partial charge in [0.2, 0.25) is 5.91 Å². The van der Waals surface area contributed by atoms with Gasteiger partial charge in [-0.1, -0.05) is 18.2 Å². The van der Waals surface area contributed by atoms with Gasteiger partial charge in [-0.25, -0.2) is 4.98 Å². The molecule has 7 nitrogen and oxygen atoms in total. The van der Waals surface area contributed by atoms with Crippen LogP contribution in [0.1, 0.15) is 55.7 Å². The van der Waals surface area contributed by atoms with Crippen molar-refractivity contribution in [1.82, 2.24) is 14.9 Å². The number of carbonyl (C=O) groups is 1. The number of hydrogen-bond donors (Lipinski definition) is 1. The van der Waals surface area contributed by atoms with Gasteiger partial charge in [-0.3, -0.25) is 9.78 Å². The highest BCUT2D eigenvalue weighted by Gasteiger charge is 2.45. The van der Waals surface area contributed by atoms with Gasteiger partial charge < -0.3 is 15.1 Å². The standard InChI is InChI=1S/C29H30N6O/c30-16-21-15-25(32-24-11-12-31-23-4-2-1-3-22(23)24)27(19-7-8-19)33-28(21)34-13-14-35(29(36)20-9-10-20)26(17-34)18-5-6-18/h1-4,11-12,15,18-20,26H,5-10,13-14,17H2,(H,31,32)/t26-/m0/s1. The first-order valence-corrected chi connectivity index (χ1v) is 13.3. The predicted octanol–water partition coefficient (Wildman–Crippen LogP) is 4.96. The van der Waals surface area contributed by atoms with Gasteiger partial charge in [0, 0.05) is 48.7 Å². The SMILES string of the molecule is N#Cc1cc(Nc2ccnc3ccccc23)c(C2CC2)nc1N1CCN(C(=O)C2CC2)[C@H](C2CC2)C1. The number of carbonyl (C=O) groups excluding carboxylic acids is 1. The average molecular weight is 479 g/mol. The molecule has 0 radical (unpaired) electrons. The summed E-state index contributed by atoms with van der Waals surface area (Å²) >= 11 is 0. The predicted molar refractivity (Wildman–Crippen MR) is 139 cm³/mol. The summed E-state index contributed by atoms with van der Waals surface area (Å²) in [7, 11) is 0. The fourth-order valence-electron chi connectivity index (χ4n) is 5.68. The number of nitrogens with one attached hydrogen (secondary N) is 1. The van der Waals surface area contributed by atoms with Crippen molar-refractivity contribution >= 4 is 34.0 Å². The number of pyridine rings is 2. The number of amides is 1. The zero-order valence-corrected chi connectivity index (χ0v) is 20.4. The van der Waals surface area contributed by atoms with Gasteiger partial charge in [-0.05, 0) is 62.6 Å². The number of nitrogens with zero attached hydrogens (tertiary/aromatic N) is 5. The number of piperazine rings is 1. The lowest BCUT2D eigenvalue weighted by molar-refractivity contribution is -0.135. The summed E-state index contributed by atoms with van der Waals surface area (Å²) in [6.07, 6.45) is 8.54. The molecule has 4 aliphatic rings. The topological polar surface area (TPSA) is 85.2 Å². The third-order valence-electron chi connectivity index (χ3n) is 8.13. The van der Waals surface area contributed by atoms with E-state index in [1.807, 2.05) is 36.5 Å². The number of rotatable bonds is 6. The molecule has 3 aromatic rings. The molecule has 1 saturated heterocycles. The largest absolute Gasteiger partial charge is 0.353 e. The molecule has 1 amide bonds. The van der Waals surface area contributed by atoms with Gasteiger partial charge in [0.05, 0.1) is 28.5 Å². The number of hydrogen-bond acceptors (Lipinski definition) is 6. The van der Waals surface area contributed by atoms with E-state index in [2.05, 4.69) is 32.2 Å². The highest BCUT2D eigenvalue weighted by molar-refractivity contribution is 5.93. The zero-order valence-electron chi connectivity index (χ0n) is 20.4. The molecule has 1 aliphatic heterocycles. The summed E-state index contributed by atoms with van der Waals surface area (Å²) in [6, 6.07) is 14.7. The van der Waals surface area contributed by atoms with Crippen LogP contribution < -0.4 is 10.2 Å². The molecule has 3 heterocycles. The van der Waals surface area contributed by atoms with Crippen LogP contribution in [0.25, 0.3) is 10.9 Å². The Bertz CT molecular complexity index is 1380. The number of fused-ring (bicyclic) bond motifs is 1. The van der Waals surface area contributed by atoms with Crippen LogP contribution in [0.4, 0.5) is 17.2 Å².